The van der Waals surface area contributed by atoms with Crippen molar-refractivity contribution >= 4 is 23.1 Å². The Kier molecular flexibility index (Phi) is 7.87. The van der Waals surface area contributed by atoms with Crippen LogP contribution in [0.3, 0.4) is 0 Å². The first kappa shape index (κ1) is 26.6. The van der Waals surface area contributed by atoms with Crippen LogP contribution in [0.25, 0.3) is 5.76 Å². The van der Waals surface area contributed by atoms with Crippen LogP contribution in [0, 0.1) is 17.0 Å². The Morgan fingerprint density at radius 3 is 2.42 bits per heavy atom. The molecule has 0 saturated carbocycles. The second-order valence-electron chi connectivity index (χ2n) is 9.45. The summed E-state index contributed by atoms with van der Waals surface area (Å²) in [7, 11) is 3.67. The molecule has 9 nitrogen and oxygen atoms in total. The molecule has 3 aromatic carbocycles. The minimum Gasteiger partial charge on any atom is -0.507 e. The highest BCUT2D eigenvalue weighted by molar-refractivity contribution is 6.46. The van der Waals surface area contributed by atoms with Gasteiger partial charge < -0.3 is 19.6 Å². The number of rotatable bonds is 9. The minimum absolute atomic E-state index is 0.109. The SMILES string of the molecule is Cc1cccc(COc2ccc(/C(O)=C3/C(=O)C(=O)N(CCN(C)C)C3c3cccc([N+](=O)[O-])c3)cc2)c1. The Morgan fingerprint density at radius 1 is 1.05 bits per heavy atom. The van der Waals surface area contributed by atoms with Crippen molar-refractivity contribution in [1.82, 2.24) is 9.80 Å². The summed E-state index contributed by atoms with van der Waals surface area (Å²) in [5.74, 6) is -1.37. The molecule has 1 atom stereocenters. The molecule has 1 unspecified atom stereocenters. The second kappa shape index (κ2) is 11.3. The first-order chi connectivity index (χ1) is 18.2. The van der Waals surface area contributed by atoms with Gasteiger partial charge in [-0.3, -0.25) is 19.7 Å². The van der Waals surface area contributed by atoms with E-state index in [0.29, 0.717) is 30.0 Å². The van der Waals surface area contributed by atoms with Crippen molar-refractivity contribution < 1.29 is 24.4 Å². The smallest absolute Gasteiger partial charge is 0.295 e. The number of likely N-dealkylation sites (tertiary alicyclic amines) is 1. The number of likely N-dealkylation sites (N-methyl/N-ethyl adjacent to an activating group) is 1. The number of Topliss-reactive ketones (excluding diaryl/α,β-unsaturated/α-hetero) is 1. The molecule has 196 valence electrons. The van der Waals surface area contributed by atoms with Crippen LogP contribution >= 0.6 is 0 Å². The molecular formula is C29H29N3O6. The predicted octanol–water partition coefficient (Wildman–Crippen LogP) is 4.47. The van der Waals surface area contributed by atoms with Crippen molar-refractivity contribution in [1.29, 1.82) is 0 Å². The van der Waals surface area contributed by atoms with Gasteiger partial charge in [0.2, 0.25) is 0 Å². The van der Waals surface area contributed by atoms with Crippen molar-refractivity contribution in [3.05, 3.63) is 111 Å². The monoisotopic (exact) mass is 515 g/mol. The number of nitro benzene ring substituents is 1. The fraction of sp³-hybridized carbons (Fsp3) is 0.241. The molecule has 1 heterocycles. The molecule has 38 heavy (non-hydrogen) atoms. The third-order valence-corrected chi connectivity index (χ3v) is 6.34. The summed E-state index contributed by atoms with van der Waals surface area (Å²) in [6.07, 6.45) is 0. The largest absolute Gasteiger partial charge is 0.507 e. The van der Waals surface area contributed by atoms with Gasteiger partial charge in [-0.2, -0.15) is 0 Å². The number of aryl methyl sites for hydroxylation is 1. The maximum atomic E-state index is 13.2. The Morgan fingerprint density at radius 2 is 1.76 bits per heavy atom. The number of aliphatic hydroxyl groups is 1. The van der Waals surface area contributed by atoms with E-state index in [1.165, 1.54) is 23.1 Å². The number of nitro groups is 1. The molecule has 0 aromatic heterocycles. The number of ether oxygens (including phenoxy) is 1. The van der Waals surface area contributed by atoms with Crippen molar-refractivity contribution in [2.45, 2.75) is 19.6 Å². The van der Waals surface area contributed by atoms with Gasteiger partial charge in [0.1, 0.15) is 18.1 Å². The summed E-state index contributed by atoms with van der Waals surface area (Å²) < 4.78 is 5.85. The van der Waals surface area contributed by atoms with E-state index >= 15 is 0 Å². The zero-order valence-electron chi connectivity index (χ0n) is 21.5. The van der Waals surface area contributed by atoms with E-state index < -0.39 is 22.7 Å². The number of nitrogens with zero attached hydrogens (tertiary/aromatic N) is 3. The average Bonchev–Trinajstić information content (AvgIpc) is 3.15. The van der Waals surface area contributed by atoms with Crippen molar-refractivity contribution in [2.24, 2.45) is 0 Å². The van der Waals surface area contributed by atoms with E-state index in [0.717, 1.165) is 11.1 Å². The molecule has 9 heteroatoms. The lowest BCUT2D eigenvalue weighted by atomic mass is 9.95. The summed E-state index contributed by atoms with van der Waals surface area (Å²) in [5, 5.41) is 22.6. The number of non-ortho nitro benzene ring substituents is 1. The van der Waals surface area contributed by atoms with Gasteiger partial charge in [0.25, 0.3) is 17.4 Å². The predicted molar refractivity (Wildman–Crippen MR) is 143 cm³/mol. The molecule has 4 rings (SSSR count). The van der Waals surface area contributed by atoms with Gasteiger partial charge in [0.05, 0.1) is 16.5 Å². The standard InChI is InChI=1S/C29H29N3O6/c1-19-6-4-7-20(16-19)18-38-24-12-10-21(11-13-24)27(33)25-26(22-8-5-9-23(17-22)32(36)37)31(15-14-30(2)3)29(35)28(25)34/h4-13,16-17,26,33H,14-15,18H2,1-3H3/b27-25-. The Hall–Kier alpha value is -4.50. The number of aliphatic hydroxyl groups excluding tert-OH is 1. The van der Waals surface area contributed by atoms with Crippen LogP contribution in [0.1, 0.15) is 28.3 Å². The van der Waals surface area contributed by atoms with Gasteiger partial charge >= 0.3 is 0 Å². The van der Waals surface area contributed by atoms with E-state index in [4.69, 9.17) is 4.74 Å². The normalized spacial score (nSPS) is 16.7. The van der Waals surface area contributed by atoms with E-state index in [1.54, 1.807) is 30.3 Å². The number of carbonyl (C=O) groups is 2. The molecule has 1 aliphatic rings. The topological polar surface area (TPSA) is 113 Å². The highest BCUT2D eigenvalue weighted by Gasteiger charge is 2.46. The summed E-state index contributed by atoms with van der Waals surface area (Å²) in [4.78, 5) is 40.3. The molecule has 1 saturated heterocycles. The quantitative estimate of drug-likeness (QED) is 0.147. The fourth-order valence-corrected chi connectivity index (χ4v) is 4.41. The fourth-order valence-electron chi connectivity index (χ4n) is 4.41. The third kappa shape index (κ3) is 5.73. The van der Waals surface area contributed by atoms with Crippen LogP contribution in [-0.2, 0) is 16.2 Å². The zero-order chi connectivity index (χ0) is 27.4. The van der Waals surface area contributed by atoms with Gasteiger partial charge in [-0.05, 0) is 56.4 Å². The lowest BCUT2D eigenvalue weighted by molar-refractivity contribution is -0.384. The summed E-state index contributed by atoms with van der Waals surface area (Å²) in [6.45, 7) is 3.04. The molecule has 3 aromatic rings. The summed E-state index contributed by atoms with van der Waals surface area (Å²) in [5.41, 5.74) is 2.57. The van der Waals surface area contributed by atoms with Crippen molar-refractivity contribution in [3.63, 3.8) is 0 Å². The van der Waals surface area contributed by atoms with Crippen LogP contribution in [0.4, 0.5) is 5.69 Å². The molecular weight excluding hydrogens is 486 g/mol. The molecule has 1 amide bonds. The van der Waals surface area contributed by atoms with Gasteiger partial charge in [-0.15, -0.1) is 0 Å². The van der Waals surface area contributed by atoms with Crippen molar-refractivity contribution in [2.75, 3.05) is 27.2 Å². The van der Waals surface area contributed by atoms with Crippen LogP contribution < -0.4 is 4.74 Å². The van der Waals surface area contributed by atoms with Crippen molar-refractivity contribution in [3.8, 4) is 5.75 Å². The zero-order valence-corrected chi connectivity index (χ0v) is 21.5. The molecule has 0 radical (unpaired) electrons. The summed E-state index contributed by atoms with van der Waals surface area (Å²) >= 11 is 0. The highest BCUT2D eigenvalue weighted by Crippen LogP contribution is 2.40. The highest BCUT2D eigenvalue weighted by atomic mass is 16.6. The van der Waals surface area contributed by atoms with Gasteiger partial charge in [0, 0.05) is 30.8 Å². The molecule has 1 aliphatic heterocycles. The number of ketones is 1. The number of hydrogen-bond donors (Lipinski definition) is 1. The van der Waals surface area contributed by atoms with Crippen LogP contribution in [-0.4, -0.2) is 58.7 Å². The van der Waals surface area contributed by atoms with E-state index in [-0.39, 0.29) is 23.6 Å². The van der Waals surface area contributed by atoms with Gasteiger partial charge in [-0.1, -0.05) is 42.0 Å². The number of carbonyl (C=O) groups excluding carboxylic acids is 2. The molecule has 0 spiro atoms. The van der Waals surface area contributed by atoms with Gasteiger partial charge in [-0.25, -0.2) is 0 Å². The Bertz CT molecular complexity index is 1400. The Labute approximate surface area is 220 Å². The third-order valence-electron chi connectivity index (χ3n) is 6.34. The lowest BCUT2D eigenvalue weighted by Crippen LogP contribution is -2.35. The summed E-state index contributed by atoms with van der Waals surface area (Å²) in [6, 6.07) is 19.4. The number of benzene rings is 3. The minimum atomic E-state index is -0.966. The van der Waals surface area contributed by atoms with E-state index in [9.17, 15) is 24.8 Å². The Balaban J connectivity index is 1.68. The van der Waals surface area contributed by atoms with Crippen LogP contribution in [0.15, 0.2) is 78.4 Å². The maximum absolute atomic E-state index is 13.2. The second-order valence-corrected chi connectivity index (χ2v) is 9.45. The van der Waals surface area contributed by atoms with Crippen LogP contribution in [0.5, 0.6) is 5.75 Å². The van der Waals surface area contributed by atoms with E-state index in [1.807, 2.05) is 50.2 Å². The molecule has 0 aliphatic carbocycles. The van der Waals surface area contributed by atoms with Gasteiger partial charge in [0.15, 0.2) is 0 Å². The number of hydrogen-bond acceptors (Lipinski definition) is 7. The maximum Gasteiger partial charge on any atom is 0.295 e. The first-order valence-corrected chi connectivity index (χ1v) is 12.1. The molecule has 0 bridgehead atoms. The first-order valence-electron chi connectivity index (χ1n) is 12.1. The molecule has 1 fully saturated rings. The number of amides is 1. The lowest BCUT2D eigenvalue weighted by Gasteiger charge is -2.26. The average molecular weight is 516 g/mol. The van der Waals surface area contributed by atoms with Crippen LogP contribution in [0.2, 0.25) is 0 Å². The van der Waals surface area contributed by atoms with E-state index in [2.05, 4.69) is 0 Å². The molecule has 1 N–H and O–H groups in total.